The zero-order chi connectivity index (χ0) is 20.7. The van der Waals surface area contributed by atoms with Gasteiger partial charge in [0.15, 0.2) is 0 Å². The SMILES string of the molecule is COC(=O)CC(NC(=O)CNC(=O)c1cc(C)cc(C)c1)c1cccc(Br)c1. The predicted octanol–water partition coefficient (Wildman–Crippen LogP) is 3.22. The van der Waals surface area contributed by atoms with Crippen LogP contribution in [0.4, 0.5) is 0 Å². The highest BCUT2D eigenvalue weighted by atomic mass is 79.9. The zero-order valence-electron chi connectivity index (χ0n) is 16.0. The first-order chi connectivity index (χ1) is 13.3. The molecule has 0 aliphatic carbocycles. The van der Waals surface area contributed by atoms with Gasteiger partial charge in [0.05, 0.1) is 26.1 Å². The van der Waals surface area contributed by atoms with Gasteiger partial charge in [-0.3, -0.25) is 14.4 Å². The summed E-state index contributed by atoms with van der Waals surface area (Å²) in [6, 6.07) is 12.2. The molecule has 148 valence electrons. The van der Waals surface area contributed by atoms with Crippen molar-refractivity contribution in [3.63, 3.8) is 0 Å². The standard InChI is InChI=1S/C21H23BrN2O4/c1-13-7-14(2)9-16(8-13)21(27)23-12-19(25)24-18(11-20(26)28-3)15-5-4-6-17(22)10-15/h4-10,18H,11-12H2,1-3H3,(H,23,27)(H,24,25). The normalized spacial score (nSPS) is 11.4. The van der Waals surface area contributed by atoms with E-state index in [4.69, 9.17) is 4.74 Å². The molecule has 0 fully saturated rings. The number of carbonyl (C=O) groups excluding carboxylic acids is 3. The number of benzene rings is 2. The molecular weight excluding hydrogens is 424 g/mol. The number of hydrogen-bond acceptors (Lipinski definition) is 4. The molecule has 0 aromatic heterocycles. The molecule has 28 heavy (non-hydrogen) atoms. The Labute approximate surface area is 172 Å². The molecule has 0 saturated heterocycles. The van der Waals surface area contributed by atoms with E-state index in [1.54, 1.807) is 12.1 Å². The van der Waals surface area contributed by atoms with Crippen molar-refractivity contribution in [3.8, 4) is 0 Å². The van der Waals surface area contributed by atoms with Gasteiger partial charge >= 0.3 is 5.97 Å². The number of carbonyl (C=O) groups is 3. The average molecular weight is 447 g/mol. The second-order valence-corrected chi connectivity index (χ2v) is 7.43. The first-order valence-electron chi connectivity index (χ1n) is 8.76. The summed E-state index contributed by atoms with van der Waals surface area (Å²) >= 11 is 3.38. The van der Waals surface area contributed by atoms with Crippen LogP contribution in [0.5, 0.6) is 0 Å². The molecule has 0 spiro atoms. The quantitative estimate of drug-likeness (QED) is 0.639. The van der Waals surface area contributed by atoms with Crippen molar-refractivity contribution in [3.05, 3.63) is 69.2 Å². The van der Waals surface area contributed by atoms with Crippen LogP contribution in [0.2, 0.25) is 0 Å². The Morgan fingerprint density at radius 3 is 2.36 bits per heavy atom. The summed E-state index contributed by atoms with van der Waals surface area (Å²) in [5.41, 5.74) is 3.21. The van der Waals surface area contributed by atoms with Crippen molar-refractivity contribution >= 4 is 33.7 Å². The minimum absolute atomic E-state index is 0.0102. The van der Waals surface area contributed by atoms with Crippen LogP contribution in [-0.4, -0.2) is 31.4 Å². The van der Waals surface area contributed by atoms with Crippen molar-refractivity contribution in [2.45, 2.75) is 26.3 Å². The third-order valence-electron chi connectivity index (χ3n) is 4.08. The van der Waals surface area contributed by atoms with Gasteiger partial charge in [0, 0.05) is 10.0 Å². The number of halogens is 1. The second kappa shape index (κ2) is 10.0. The Morgan fingerprint density at radius 1 is 1.07 bits per heavy atom. The molecule has 0 aliphatic rings. The minimum Gasteiger partial charge on any atom is -0.469 e. The highest BCUT2D eigenvalue weighted by Gasteiger charge is 2.19. The van der Waals surface area contributed by atoms with Crippen LogP contribution in [0.15, 0.2) is 46.9 Å². The fourth-order valence-electron chi connectivity index (χ4n) is 2.84. The summed E-state index contributed by atoms with van der Waals surface area (Å²) in [4.78, 5) is 36.4. The molecule has 0 radical (unpaired) electrons. The van der Waals surface area contributed by atoms with Crippen molar-refractivity contribution in [1.82, 2.24) is 10.6 Å². The lowest BCUT2D eigenvalue weighted by atomic mass is 10.0. The van der Waals surface area contributed by atoms with Crippen LogP contribution in [0.3, 0.4) is 0 Å². The number of esters is 1. The van der Waals surface area contributed by atoms with E-state index in [-0.39, 0.29) is 18.9 Å². The molecule has 2 aromatic rings. The lowest BCUT2D eigenvalue weighted by Gasteiger charge is -2.19. The smallest absolute Gasteiger partial charge is 0.307 e. The summed E-state index contributed by atoms with van der Waals surface area (Å²) in [5.74, 6) is -1.16. The number of aryl methyl sites for hydroxylation is 2. The number of rotatable bonds is 7. The molecule has 1 atom stereocenters. The van der Waals surface area contributed by atoms with Crippen LogP contribution in [0.25, 0.3) is 0 Å². The summed E-state index contributed by atoms with van der Waals surface area (Å²) in [6.07, 6.45) is -0.0102. The topological polar surface area (TPSA) is 84.5 Å². The van der Waals surface area contributed by atoms with Gasteiger partial charge in [-0.2, -0.15) is 0 Å². The summed E-state index contributed by atoms with van der Waals surface area (Å²) in [6.45, 7) is 3.62. The maximum Gasteiger partial charge on any atom is 0.307 e. The lowest BCUT2D eigenvalue weighted by molar-refractivity contribution is -0.141. The number of nitrogens with one attached hydrogen (secondary N) is 2. The van der Waals surface area contributed by atoms with Crippen molar-refractivity contribution in [2.24, 2.45) is 0 Å². The summed E-state index contributed by atoms with van der Waals surface area (Å²) in [7, 11) is 1.30. The van der Waals surface area contributed by atoms with E-state index in [2.05, 4.69) is 26.6 Å². The Kier molecular flexibility index (Phi) is 7.75. The molecule has 0 bridgehead atoms. The molecule has 0 saturated carbocycles. The Balaban J connectivity index is 2.02. The maximum atomic E-state index is 12.4. The first kappa shape index (κ1) is 21.6. The average Bonchev–Trinajstić information content (AvgIpc) is 2.64. The Hall–Kier alpha value is -2.67. The van der Waals surface area contributed by atoms with E-state index < -0.39 is 17.9 Å². The van der Waals surface area contributed by atoms with Gasteiger partial charge in [-0.25, -0.2) is 0 Å². The first-order valence-corrected chi connectivity index (χ1v) is 9.56. The van der Waals surface area contributed by atoms with Gasteiger partial charge in [0.25, 0.3) is 5.91 Å². The maximum absolute atomic E-state index is 12.4. The molecule has 2 amide bonds. The van der Waals surface area contributed by atoms with Gasteiger partial charge < -0.3 is 15.4 Å². The molecule has 2 aromatic carbocycles. The van der Waals surface area contributed by atoms with E-state index in [1.165, 1.54) is 7.11 Å². The van der Waals surface area contributed by atoms with Gasteiger partial charge in [-0.05, 0) is 43.7 Å². The molecule has 6 nitrogen and oxygen atoms in total. The summed E-state index contributed by atoms with van der Waals surface area (Å²) in [5, 5.41) is 5.39. The fraction of sp³-hybridized carbons (Fsp3) is 0.286. The van der Waals surface area contributed by atoms with E-state index in [0.29, 0.717) is 5.56 Å². The number of methoxy groups -OCH3 is 1. The number of amides is 2. The van der Waals surface area contributed by atoms with Crippen molar-refractivity contribution < 1.29 is 19.1 Å². The molecule has 0 heterocycles. The van der Waals surface area contributed by atoms with Gasteiger partial charge in [-0.1, -0.05) is 45.3 Å². The lowest BCUT2D eigenvalue weighted by Crippen LogP contribution is -2.39. The fourth-order valence-corrected chi connectivity index (χ4v) is 3.26. The summed E-state index contributed by atoms with van der Waals surface area (Å²) < 4.78 is 5.55. The van der Waals surface area contributed by atoms with Gasteiger partial charge in [0.1, 0.15) is 0 Å². The van der Waals surface area contributed by atoms with E-state index in [9.17, 15) is 14.4 Å². The molecule has 7 heteroatoms. The predicted molar refractivity (Wildman–Crippen MR) is 110 cm³/mol. The van der Waals surface area contributed by atoms with Crippen LogP contribution in [-0.2, 0) is 14.3 Å². The monoisotopic (exact) mass is 446 g/mol. The van der Waals surface area contributed by atoms with Gasteiger partial charge in [0.2, 0.25) is 5.91 Å². The largest absolute Gasteiger partial charge is 0.469 e. The van der Waals surface area contributed by atoms with Crippen LogP contribution in [0, 0.1) is 13.8 Å². The van der Waals surface area contributed by atoms with Crippen molar-refractivity contribution in [2.75, 3.05) is 13.7 Å². The molecule has 2 rings (SSSR count). The second-order valence-electron chi connectivity index (χ2n) is 6.51. The molecule has 2 N–H and O–H groups in total. The highest BCUT2D eigenvalue weighted by molar-refractivity contribution is 9.10. The molecule has 0 aliphatic heterocycles. The highest BCUT2D eigenvalue weighted by Crippen LogP contribution is 2.21. The van der Waals surface area contributed by atoms with Crippen LogP contribution < -0.4 is 10.6 Å². The third kappa shape index (κ3) is 6.49. The zero-order valence-corrected chi connectivity index (χ0v) is 17.6. The van der Waals surface area contributed by atoms with Crippen LogP contribution >= 0.6 is 15.9 Å². The van der Waals surface area contributed by atoms with Crippen molar-refractivity contribution in [1.29, 1.82) is 0 Å². The van der Waals surface area contributed by atoms with E-state index >= 15 is 0 Å². The van der Waals surface area contributed by atoms with Gasteiger partial charge in [-0.15, -0.1) is 0 Å². The Morgan fingerprint density at radius 2 is 1.75 bits per heavy atom. The molecular formula is C21H23BrN2O4. The van der Waals surface area contributed by atoms with Crippen LogP contribution in [0.1, 0.15) is 39.5 Å². The molecule has 1 unspecified atom stereocenters. The Bertz CT molecular complexity index is 862. The van der Waals surface area contributed by atoms with E-state index in [1.807, 2.05) is 44.2 Å². The van der Waals surface area contributed by atoms with E-state index in [0.717, 1.165) is 21.2 Å². The number of hydrogen-bond donors (Lipinski definition) is 2. The number of ether oxygens (including phenoxy) is 1. The minimum atomic E-state index is -0.560. The third-order valence-corrected chi connectivity index (χ3v) is 4.57.